The minimum absolute atomic E-state index is 0.00926. The van der Waals surface area contributed by atoms with E-state index in [9.17, 15) is 0 Å². The SMILES string of the molecule is [2H]c1nc([2H])n([2H])c1C. The molecule has 0 aliphatic heterocycles. The van der Waals surface area contributed by atoms with E-state index >= 15 is 0 Å². The van der Waals surface area contributed by atoms with Gasteiger partial charge in [-0.1, -0.05) is 0 Å². The third-order valence-corrected chi connectivity index (χ3v) is 0.485. The Morgan fingerprint density at radius 1 is 2.33 bits per heavy atom. The molecule has 0 aliphatic carbocycles. The molecule has 0 saturated heterocycles. The minimum Gasteiger partial charge on any atom is -0.349 e. The molecule has 1 rings (SSSR count). The Kier molecular flexibility index (Phi) is 0.257. The van der Waals surface area contributed by atoms with Gasteiger partial charge in [0, 0.05) is 11.9 Å². The van der Waals surface area contributed by atoms with Crippen LogP contribution >= 0.6 is 0 Å². The molecule has 0 aliphatic rings. The predicted octanol–water partition coefficient (Wildman–Crippen LogP) is 0.718. The van der Waals surface area contributed by atoms with Crippen LogP contribution in [0.1, 0.15) is 8.44 Å². The second-order valence-corrected chi connectivity index (χ2v) is 1.02. The average Bonchev–Trinajstić information content (AvgIpc) is 1.98. The molecule has 0 spiro atoms. The summed E-state index contributed by atoms with van der Waals surface area (Å²) < 4.78 is 20.9. The molecule has 0 fully saturated rings. The van der Waals surface area contributed by atoms with Crippen LogP contribution in [0.2, 0.25) is 1.41 Å². The van der Waals surface area contributed by atoms with Gasteiger partial charge < -0.3 is 4.98 Å². The first-order valence-corrected chi connectivity index (χ1v) is 1.64. The lowest BCUT2D eigenvalue weighted by atomic mass is 10.6. The van der Waals surface area contributed by atoms with E-state index in [1.165, 1.54) is 0 Å². The summed E-state index contributed by atoms with van der Waals surface area (Å²) in [7, 11) is 0. The summed E-state index contributed by atoms with van der Waals surface area (Å²) in [6, 6.07) is 0. The highest BCUT2D eigenvalue weighted by Crippen LogP contribution is 1.81. The van der Waals surface area contributed by atoms with Crippen molar-refractivity contribution in [3.05, 3.63) is 18.2 Å². The summed E-state index contributed by atoms with van der Waals surface area (Å²) in [5.74, 6) is 0. The second-order valence-electron chi connectivity index (χ2n) is 1.02. The van der Waals surface area contributed by atoms with Gasteiger partial charge in [0.05, 0.1) is 7.67 Å². The van der Waals surface area contributed by atoms with Gasteiger partial charge in [0.1, 0.15) is 1.37 Å². The average molecular weight is 85.1 g/mol. The van der Waals surface area contributed by atoms with E-state index in [0.717, 1.165) is 4.98 Å². The largest absolute Gasteiger partial charge is 0.349 e. The van der Waals surface area contributed by atoms with E-state index in [2.05, 4.69) is 4.98 Å². The zero-order chi connectivity index (χ0) is 7.02. The molecule has 2 heteroatoms. The van der Waals surface area contributed by atoms with Crippen LogP contribution in [-0.4, -0.2) is 9.96 Å². The van der Waals surface area contributed by atoms with Gasteiger partial charge in [0.25, 0.3) is 0 Å². The summed E-state index contributed by atoms with van der Waals surface area (Å²) in [6.45, 7) is 1.58. The van der Waals surface area contributed by atoms with Crippen molar-refractivity contribution in [3.63, 3.8) is 0 Å². The zero-order valence-corrected chi connectivity index (χ0v) is 3.39. The highest BCUT2D eigenvalue weighted by atomic mass is 14.8. The van der Waals surface area contributed by atoms with Crippen molar-refractivity contribution in [2.45, 2.75) is 6.92 Å². The van der Waals surface area contributed by atoms with Gasteiger partial charge >= 0.3 is 0 Å². The number of nitrogens with one attached hydrogen (secondary N) is 1. The van der Waals surface area contributed by atoms with E-state index in [0.29, 0.717) is 5.69 Å². The number of aromatic nitrogens is 2. The first-order valence-electron chi connectivity index (χ1n) is 3.09. The van der Waals surface area contributed by atoms with Crippen LogP contribution in [0.3, 0.4) is 0 Å². The number of H-pyrrole nitrogens is 1. The first-order chi connectivity index (χ1) is 4.13. The van der Waals surface area contributed by atoms with E-state index in [-0.39, 0.29) is 12.5 Å². The molecule has 1 heterocycles. The number of rotatable bonds is 0. The monoisotopic (exact) mass is 85.1 g/mol. The van der Waals surface area contributed by atoms with Crippen molar-refractivity contribution < 1.29 is 4.15 Å². The predicted molar refractivity (Wildman–Crippen MR) is 23.3 cm³/mol. The minimum atomic E-state index is -0.183. The molecule has 32 valence electrons. The molecular weight excluding hydrogens is 76.1 g/mol. The Morgan fingerprint density at radius 3 is 3.33 bits per heavy atom. The fraction of sp³-hybridized carbons (Fsp3) is 0.250. The van der Waals surface area contributed by atoms with E-state index < -0.39 is 0 Å². The second kappa shape index (κ2) is 1.12. The van der Waals surface area contributed by atoms with Crippen LogP contribution in [-0.2, 0) is 0 Å². The lowest BCUT2D eigenvalue weighted by molar-refractivity contribution is 1.25. The summed E-state index contributed by atoms with van der Waals surface area (Å²) in [6.07, 6.45) is -0.174. The van der Waals surface area contributed by atoms with Crippen LogP contribution in [0.4, 0.5) is 0 Å². The van der Waals surface area contributed by atoms with E-state index in [1.54, 1.807) is 6.92 Å². The maximum atomic E-state index is 7.01. The summed E-state index contributed by atoms with van der Waals surface area (Å²) in [5, 5.41) is 0. The molecule has 2 nitrogen and oxygen atoms in total. The fourth-order valence-corrected chi connectivity index (χ4v) is 0.231. The Hall–Kier alpha value is -0.790. The van der Waals surface area contributed by atoms with Crippen molar-refractivity contribution in [3.8, 4) is 0 Å². The van der Waals surface area contributed by atoms with Crippen LogP contribution in [0.25, 0.3) is 0 Å². The van der Waals surface area contributed by atoms with Gasteiger partial charge in [-0.3, -0.25) is 0 Å². The van der Waals surface area contributed by atoms with Gasteiger partial charge in [-0.05, 0) is 6.92 Å². The lowest BCUT2D eigenvalue weighted by Gasteiger charge is -1.67. The van der Waals surface area contributed by atoms with Crippen molar-refractivity contribution >= 4 is 0 Å². The third kappa shape index (κ3) is 0.407. The van der Waals surface area contributed by atoms with Gasteiger partial charge in [-0.25, -0.2) is 4.98 Å². The zero-order valence-electron chi connectivity index (χ0n) is 6.39. The number of hydrogen-bond acceptors (Lipinski definition) is 1. The maximum Gasteiger partial charge on any atom is 0.167 e. The molecule has 0 unspecified atom stereocenters. The molecule has 0 bridgehead atoms. The van der Waals surface area contributed by atoms with Gasteiger partial charge in [-0.15, -0.1) is 0 Å². The Morgan fingerprint density at radius 2 is 3.17 bits per heavy atom. The Balaban J connectivity index is 3.29. The van der Waals surface area contributed by atoms with Gasteiger partial charge in [0.2, 0.25) is 0 Å². The van der Waals surface area contributed by atoms with Crippen LogP contribution in [0, 0.1) is 6.92 Å². The highest BCUT2D eigenvalue weighted by molar-refractivity contribution is 4.87. The number of imidazole rings is 1. The van der Waals surface area contributed by atoms with Crippen LogP contribution < -0.4 is 0 Å². The molecule has 0 atom stereocenters. The molecule has 0 amide bonds. The molecule has 0 radical (unpaired) electrons. The molecule has 1 N–H and O–H groups in total. The highest BCUT2D eigenvalue weighted by Gasteiger charge is 1.73. The molecule has 6 heavy (non-hydrogen) atoms. The Labute approximate surface area is 40.5 Å². The van der Waals surface area contributed by atoms with Crippen molar-refractivity contribution in [2.75, 3.05) is 0 Å². The van der Waals surface area contributed by atoms with Crippen molar-refractivity contribution in [2.24, 2.45) is 0 Å². The first kappa shape index (κ1) is 1.37. The molecule has 0 saturated carbocycles. The molecular formula is C4H6N2. The van der Waals surface area contributed by atoms with Crippen LogP contribution in [0.15, 0.2) is 12.5 Å². The quantitative estimate of drug-likeness (QED) is 0.494. The molecule has 1 aromatic rings. The third-order valence-electron chi connectivity index (χ3n) is 0.485. The summed E-state index contributed by atoms with van der Waals surface area (Å²) >= 11 is 0. The Bertz CT molecular complexity index is 207. The van der Waals surface area contributed by atoms with E-state index in [1.807, 2.05) is 0 Å². The van der Waals surface area contributed by atoms with Gasteiger partial charge in [-0.2, -0.15) is 0 Å². The standard InChI is InChI=1S/C4H6N2/c1-4-2-5-3-6-4/h2-3H,1H3,(H,5,6)/i2D,3D/hD. The molecule has 0 aromatic carbocycles. The summed E-state index contributed by atoms with van der Waals surface area (Å²) in [5.41, 5.74) is 0.403. The number of hydrogen-bond donors (Lipinski definition) is 1. The van der Waals surface area contributed by atoms with Crippen molar-refractivity contribution in [1.29, 1.82) is 0 Å². The van der Waals surface area contributed by atoms with Crippen LogP contribution in [0.5, 0.6) is 0 Å². The lowest BCUT2D eigenvalue weighted by Crippen LogP contribution is -1.59. The van der Waals surface area contributed by atoms with Gasteiger partial charge in [0.15, 0.2) is 1.41 Å². The number of aromatic amines is 1. The van der Waals surface area contributed by atoms with E-state index in [4.69, 9.17) is 4.15 Å². The molecule has 1 aromatic heterocycles. The summed E-state index contributed by atoms with van der Waals surface area (Å²) in [4.78, 5) is 4.24. The fourth-order valence-electron chi connectivity index (χ4n) is 0.231. The topological polar surface area (TPSA) is 28.7 Å². The normalized spacial score (nSPS) is 15.8. The number of nitrogens with zero attached hydrogens (tertiary/aromatic N) is 1. The van der Waals surface area contributed by atoms with Crippen molar-refractivity contribution in [1.82, 2.24) is 9.96 Å². The maximum absolute atomic E-state index is 7.01. The smallest absolute Gasteiger partial charge is 0.167 e.